The molecule has 4 N–H and O–H groups in total. The van der Waals surface area contributed by atoms with Gasteiger partial charge in [-0.2, -0.15) is 0 Å². The van der Waals surface area contributed by atoms with Crippen molar-refractivity contribution in [2.75, 3.05) is 13.7 Å². The van der Waals surface area contributed by atoms with Crippen LogP contribution in [0.25, 0.3) is 0 Å². The van der Waals surface area contributed by atoms with E-state index in [0.29, 0.717) is 19.4 Å². The van der Waals surface area contributed by atoms with Gasteiger partial charge in [0.05, 0.1) is 24.9 Å². The second kappa shape index (κ2) is 14.6. The molecule has 1 rings (SSSR count). The Morgan fingerprint density at radius 1 is 1.18 bits per heavy atom. The predicted octanol–water partition coefficient (Wildman–Crippen LogP) is 3.31. The Hall–Kier alpha value is -1.37. The first-order chi connectivity index (χ1) is 13.5. The lowest BCUT2D eigenvalue weighted by Gasteiger charge is -2.19. The number of hydrogen-bond acceptors (Lipinski definition) is 5. The lowest BCUT2D eigenvalue weighted by Crippen LogP contribution is -2.20. The first-order valence-electron chi connectivity index (χ1n) is 10.7. The van der Waals surface area contributed by atoms with Crippen molar-refractivity contribution in [2.24, 2.45) is 11.8 Å². The number of hydrogen-bond donors (Lipinski definition) is 4. The summed E-state index contributed by atoms with van der Waals surface area (Å²) in [6.07, 6.45) is 13.5. The minimum atomic E-state index is -0.561. The van der Waals surface area contributed by atoms with E-state index in [1.807, 2.05) is 6.08 Å². The van der Waals surface area contributed by atoms with Crippen molar-refractivity contribution in [3.63, 3.8) is 0 Å². The Balaban J connectivity index is 2.35. The Bertz CT molecular complexity index is 480. The largest absolute Gasteiger partial charge is 0.450 e. The molecule has 0 saturated heterocycles. The summed E-state index contributed by atoms with van der Waals surface area (Å²) in [5.41, 5.74) is 0. The topological polar surface area (TPSA) is 99.0 Å². The molecule has 1 fully saturated rings. The number of carbonyl (C=O) groups is 1. The van der Waals surface area contributed by atoms with E-state index in [9.17, 15) is 20.1 Å². The minimum absolute atomic E-state index is 0.0260. The van der Waals surface area contributed by atoms with E-state index in [2.05, 4.69) is 24.4 Å². The van der Waals surface area contributed by atoms with E-state index in [0.717, 1.165) is 44.9 Å². The number of aliphatic hydroxyl groups excluding tert-OH is 3. The van der Waals surface area contributed by atoms with E-state index in [-0.39, 0.29) is 11.8 Å². The molecule has 28 heavy (non-hydrogen) atoms. The van der Waals surface area contributed by atoms with Crippen LogP contribution in [0.1, 0.15) is 64.7 Å². The molecular weight excluding hydrogens is 358 g/mol. The van der Waals surface area contributed by atoms with Gasteiger partial charge in [0.1, 0.15) is 0 Å². The highest BCUT2D eigenvalue weighted by Gasteiger charge is 2.39. The molecule has 6 heteroatoms. The van der Waals surface area contributed by atoms with Gasteiger partial charge in [-0.15, -0.1) is 0 Å². The smallest absolute Gasteiger partial charge is 0.406 e. The molecule has 6 nitrogen and oxygen atoms in total. The molecule has 0 heterocycles. The molecule has 1 aliphatic carbocycles. The predicted molar refractivity (Wildman–Crippen MR) is 111 cm³/mol. The number of ether oxygens (including phenoxy) is 1. The van der Waals surface area contributed by atoms with E-state index in [1.165, 1.54) is 7.05 Å². The summed E-state index contributed by atoms with van der Waals surface area (Å²) in [5.74, 6) is -0.150. The maximum Gasteiger partial charge on any atom is 0.406 e. The number of rotatable bonds is 13. The first-order valence-corrected chi connectivity index (χ1v) is 10.7. The van der Waals surface area contributed by atoms with Crippen LogP contribution in [0.4, 0.5) is 4.79 Å². The van der Waals surface area contributed by atoms with Crippen molar-refractivity contribution in [2.45, 2.75) is 83.0 Å². The fourth-order valence-electron chi connectivity index (χ4n) is 3.64. The van der Waals surface area contributed by atoms with Crippen LogP contribution in [0.5, 0.6) is 0 Å². The summed E-state index contributed by atoms with van der Waals surface area (Å²) < 4.78 is 4.93. The Labute approximate surface area is 169 Å². The van der Waals surface area contributed by atoms with Gasteiger partial charge in [-0.25, -0.2) is 4.79 Å². The van der Waals surface area contributed by atoms with Gasteiger partial charge in [0.15, 0.2) is 0 Å². The minimum Gasteiger partial charge on any atom is -0.450 e. The van der Waals surface area contributed by atoms with Gasteiger partial charge in [-0.1, -0.05) is 50.5 Å². The summed E-state index contributed by atoms with van der Waals surface area (Å²) >= 11 is 0. The van der Waals surface area contributed by atoms with Crippen molar-refractivity contribution in [1.29, 1.82) is 0 Å². The van der Waals surface area contributed by atoms with Gasteiger partial charge in [0.25, 0.3) is 0 Å². The van der Waals surface area contributed by atoms with Crippen molar-refractivity contribution in [1.82, 2.24) is 5.32 Å². The quantitative estimate of drug-likeness (QED) is 0.282. The van der Waals surface area contributed by atoms with Crippen LogP contribution in [-0.2, 0) is 4.74 Å². The van der Waals surface area contributed by atoms with E-state index in [4.69, 9.17) is 4.74 Å². The maximum absolute atomic E-state index is 10.9. The van der Waals surface area contributed by atoms with Crippen LogP contribution < -0.4 is 5.32 Å². The van der Waals surface area contributed by atoms with Crippen molar-refractivity contribution < 1.29 is 24.9 Å². The van der Waals surface area contributed by atoms with Crippen LogP contribution in [0.15, 0.2) is 24.3 Å². The van der Waals surface area contributed by atoms with Gasteiger partial charge >= 0.3 is 6.09 Å². The van der Waals surface area contributed by atoms with E-state index >= 15 is 0 Å². The van der Waals surface area contributed by atoms with Crippen LogP contribution in [-0.4, -0.2) is 53.4 Å². The normalized spacial score (nSPS) is 26.2. The van der Waals surface area contributed by atoms with Gasteiger partial charge < -0.3 is 25.4 Å². The Morgan fingerprint density at radius 3 is 2.68 bits per heavy atom. The second-order valence-electron chi connectivity index (χ2n) is 7.65. The number of carbonyl (C=O) groups excluding carboxylic acids is 1. The summed E-state index contributed by atoms with van der Waals surface area (Å²) in [7, 11) is 1.54. The second-order valence-corrected chi connectivity index (χ2v) is 7.65. The van der Waals surface area contributed by atoms with Crippen LogP contribution in [0, 0.1) is 11.8 Å². The maximum atomic E-state index is 10.9. The highest BCUT2D eigenvalue weighted by atomic mass is 16.5. The lowest BCUT2D eigenvalue weighted by atomic mass is 9.89. The van der Waals surface area contributed by atoms with Gasteiger partial charge in [0.2, 0.25) is 0 Å². The molecule has 5 atom stereocenters. The van der Waals surface area contributed by atoms with Crippen LogP contribution in [0.3, 0.4) is 0 Å². The molecule has 0 aromatic rings. The molecule has 0 spiro atoms. The number of unbranched alkanes of at least 4 members (excludes halogenated alkanes) is 4. The summed E-state index contributed by atoms with van der Waals surface area (Å²) in [6, 6.07) is 0. The first kappa shape index (κ1) is 24.7. The molecular formula is C22H39NO5. The average Bonchev–Trinajstić information content (AvgIpc) is 2.94. The molecule has 0 unspecified atom stereocenters. The highest BCUT2D eigenvalue weighted by molar-refractivity contribution is 5.66. The molecule has 0 aromatic carbocycles. The van der Waals surface area contributed by atoms with Gasteiger partial charge in [-0.05, 0) is 38.0 Å². The molecule has 0 bridgehead atoms. The zero-order chi connectivity index (χ0) is 20.8. The van der Waals surface area contributed by atoms with Gasteiger partial charge in [0, 0.05) is 19.4 Å². The summed E-state index contributed by atoms with van der Waals surface area (Å²) in [4.78, 5) is 10.9. The van der Waals surface area contributed by atoms with E-state index in [1.54, 1.807) is 6.08 Å². The van der Waals surface area contributed by atoms with Crippen molar-refractivity contribution in [3.8, 4) is 0 Å². The van der Waals surface area contributed by atoms with Crippen molar-refractivity contribution >= 4 is 6.09 Å². The highest BCUT2D eigenvalue weighted by Crippen LogP contribution is 2.36. The van der Waals surface area contributed by atoms with Crippen molar-refractivity contribution in [3.05, 3.63) is 24.3 Å². The third-order valence-electron chi connectivity index (χ3n) is 5.35. The molecule has 1 amide bonds. The zero-order valence-electron chi connectivity index (χ0n) is 17.4. The van der Waals surface area contributed by atoms with Gasteiger partial charge in [-0.3, -0.25) is 0 Å². The molecule has 0 aromatic heterocycles. The van der Waals surface area contributed by atoms with Crippen LogP contribution in [0.2, 0.25) is 0 Å². The number of aliphatic hydroxyl groups is 3. The summed E-state index contributed by atoms with van der Waals surface area (Å²) in [5, 5.41) is 33.0. The Morgan fingerprint density at radius 2 is 1.96 bits per heavy atom. The molecule has 0 radical (unpaired) electrons. The number of allylic oxidation sites excluding steroid dienone is 2. The average molecular weight is 398 g/mol. The lowest BCUT2D eigenvalue weighted by molar-refractivity contribution is 0.120. The van der Waals surface area contributed by atoms with Crippen LogP contribution >= 0.6 is 0 Å². The number of nitrogens with one attached hydrogen (secondary N) is 1. The fourth-order valence-corrected chi connectivity index (χ4v) is 3.64. The standard InChI is InChI=1S/C22H39NO5/c1-3-4-8-11-17(24)13-14-19-18(20(25)16-21(19)26)12-9-6-5-7-10-15-28-22(27)23-2/h6,9,13-14,17-21,24-26H,3-5,7-8,10-12,15-16H2,1-2H3,(H,23,27)/b9-6-,14-13+/t17-,18+,19+,20-,21+/m0/s1. The molecule has 0 aliphatic heterocycles. The third kappa shape index (κ3) is 9.71. The van der Waals surface area contributed by atoms with E-state index < -0.39 is 24.4 Å². The zero-order valence-corrected chi connectivity index (χ0v) is 17.4. The molecule has 1 aliphatic rings. The monoisotopic (exact) mass is 397 g/mol. The SMILES string of the molecule is CCCCC[C@H](O)/C=C/[C@@H]1[C@@H](C/C=C\CCCCOC(=O)NC)[C@@H](O)C[C@H]1O. The summed E-state index contributed by atoms with van der Waals surface area (Å²) in [6.45, 7) is 2.55. The number of amides is 1. The Kier molecular flexibility index (Phi) is 12.9. The third-order valence-corrected chi connectivity index (χ3v) is 5.35. The molecule has 162 valence electrons. The molecule has 1 saturated carbocycles. The number of alkyl carbamates (subject to hydrolysis) is 1. The fraction of sp³-hybridized carbons (Fsp3) is 0.773.